The van der Waals surface area contributed by atoms with E-state index in [-0.39, 0.29) is 25.5 Å². The van der Waals surface area contributed by atoms with Crippen LogP contribution >= 0.6 is 7.60 Å². The van der Waals surface area contributed by atoms with Gasteiger partial charge in [-0.2, -0.15) is 4.98 Å². The van der Waals surface area contributed by atoms with Gasteiger partial charge in [-0.05, 0) is 20.3 Å². The zero-order valence-electron chi connectivity index (χ0n) is 13.1. The second kappa shape index (κ2) is 7.98. The van der Waals surface area contributed by atoms with E-state index in [1.807, 2.05) is 0 Å². The zero-order chi connectivity index (χ0) is 16.9. The Morgan fingerprint density at radius 1 is 1.39 bits per heavy atom. The molecule has 2 atom stereocenters. The molecule has 0 aromatic carbocycles. The first kappa shape index (κ1) is 18.0. The molecule has 130 valence electrons. The van der Waals surface area contributed by atoms with Crippen LogP contribution in [0.3, 0.4) is 0 Å². The highest BCUT2D eigenvalue weighted by atomic mass is 31.2. The SMILES string of the molecule is CCOP(=O)(CO[C@@H]1CC[C@H](n2cnc(N)nc2=O)O1)OCC. The summed E-state index contributed by atoms with van der Waals surface area (Å²) in [6, 6.07) is 0. The molecule has 0 amide bonds. The smallest absolute Gasteiger partial charge is 0.356 e. The summed E-state index contributed by atoms with van der Waals surface area (Å²) >= 11 is 0. The lowest BCUT2D eigenvalue weighted by molar-refractivity contribution is -0.142. The van der Waals surface area contributed by atoms with Crippen LogP contribution in [0.5, 0.6) is 0 Å². The monoisotopic (exact) mass is 348 g/mol. The predicted molar refractivity (Wildman–Crippen MR) is 80.7 cm³/mol. The Hall–Kier alpha value is -1.32. The highest BCUT2D eigenvalue weighted by Crippen LogP contribution is 2.48. The molecular weight excluding hydrogens is 327 g/mol. The van der Waals surface area contributed by atoms with Crippen molar-refractivity contribution in [3.8, 4) is 0 Å². The second-order valence-corrected chi connectivity index (χ2v) is 6.74. The molecule has 2 N–H and O–H groups in total. The van der Waals surface area contributed by atoms with Crippen molar-refractivity contribution in [2.45, 2.75) is 39.2 Å². The lowest BCUT2D eigenvalue weighted by Gasteiger charge is -2.20. The second-order valence-electron chi connectivity index (χ2n) is 4.74. The van der Waals surface area contributed by atoms with Gasteiger partial charge in [-0.15, -0.1) is 0 Å². The summed E-state index contributed by atoms with van der Waals surface area (Å²) in [7, 11) is -3.29. The number of aromatic nitrogens is 3. The molecule has 10 nitrogen and oxygen atoms in total. The normalized spacial score (nSPS) is 21.7. The average Bonchev–Trinajstić information content (AvgIpc) is 2.94. The van der Waals surface area contributed by atoms with E-state index in [0.717, 1.165) is 0 Å². The van der Waals surface area contributed by atoms with Crippen LogP contribution in [0.1, 0.15) is 32.9 Å². The minimum absolute atomic E-state index is 0.0913. The van der Waals surface area contributed by atoms with Crippen molar-refractivity contribution in [1.29, 1.82) is 0 Å². The van der Waals surface area contributed by atoms with Crippen molar-refractivity contribution >= 4 is 13.5 Å². The number of nitrogens with zero attached hydrogens (tertiary/aromatic N) is 3. The topological polar surface area (TPSA) is 128 Å². The van der Waals surface area contributed by atoms with E-state index in [1.54, 1.807) is 13.8 Å². The summed E-state index contributed by atoms with van der Waals surface area (Å²) in [5, 5.41) is 0. The molecule has 0 spiro atoms. The largest absolute Gasteiger partial charge is 0.368 e. The number of anilines is 1. The maximum atomic E-state index is 12.3. The van der Waals surface area contributed by atoms with Gasteiger partial charge in [-0.1, -0.05) is 0 Å². The van der Waals surface area contributed by atoms with Crippen molar-refractivity contribution in [1.82, 2.24) is 14.5 Å². The summed E-state index contributed by atoms with van der Waals surface area (Å²) in [5.41, 5.74) is 4.80. The lowest BCUT2D eigenvalue weighted by Crippen LogP contribution is -2.28. The first-order valence-electron chi connectivity index (χ1n) is 7.33. The van der Waals surface area contributed by atoms with Crippen molar-refractivity contribution in [3.63, 3.8) is 0 Å². The fourth-order valence-electron chi connectivity index (χ4n) is 2.15. The Labute approximate surface area is 133 Å². The van der Waals surface area contributed by atoms with Gasteiger partial charge < -0.3 is 24.3 Å². The number of hydrogen-bond donors (Lipinski definition) is 1. The molecule has 0 bridgehead atoms. The first-order valence-corrected chi connectivity index (χ1v) is 9.06. The van der Waals surface area contributed by atoms with Gasteiger partial charge in [0.1, 0.15) is 12.6 Å². The molecule has 1 aromatic rings. The molecule has 2 heterocycles. The summed E-state index contributed by atoms with van der Waals surface area (Å²) < 4.78 is 34.9. The zero-order valence-corrected chi connectivity index (χ0v) is 14.0. The highest BCUT2D eigenvalue weighted by Gasteiger charge is 2.32. The van der Waals surface area contributed by atoms with Crippen LogP contribution in [0.25, 0.3) is 0 Å². The summed E-state index contributed by atoms with van der Waals surface area (Å²) in [6.07, 6.45) is 0.971. The molecule has 1 aliphatic heterocycles. The Kier molecular flexibility index (Phi) is 6.25. The number of rotatable bonds is 8. The van der Waals surface area contributed by atoms with Crippen LogP contribution in [0, 0.1) is 0 Å². The molecule has 23 heavy (non-hydrogen) atoms. The third-order valence-corrected chi connectivity index (χ3v) is 4.85. The molecule has 1 aliphatic rings. The van der Waals surface area contributed by atoms with Crippen LogP contribution in [-0.4, -0.2) is 40.4 Å². The summed E-state index contributed by atoms with van der Waals surface area (Å²) in [4.78, 5) is 19.1. The van der Waals surface area contributed by atoms with Gasteiger partial charge in [-0.3, -0.25) is 9.13 Å². The maximum Gasteiger partial charge on any atom is 0.356 e. The fourth-order valence-corrected chi connectivity index (χ4v) is 3.51. The summed E-state index contributed by atoms with van der Waals surface area (Å²) in [6.45, 7) is 3.96. The van der Waals surface area contributed by atoms with Crippen molar-refractivity contribution in [2.75, 3.05) is 25.3 Å². The van der Waals surface area contributed by atoms with E-state index >= 15 is 0 Å². The van der Waals surface area contributed by atoms with Crippen molar-refractivity contribution in [2.24, 2.45) is 0 Å². The third-order valence-electron chi connectivity index (χ3n) is 3.08. The number of ether oxygens (including phenoxy) is 2. The van der Waals surface area contributed by atoms with Crippen LogP contribution in [0.4, 0.5) is 5.95 Å². The molecule has 1 saturated heterocycles. The van der Waals surface area contributed by atoms with Crippen molar-refractivity contribution in [3.05, 3.63) is 16.8 Å². The summed E-state index contributed by atoms with van der Waals surface area (Å²) in [5.74, 6) is -0.0913. The van der Waals surface area contributed by atoms with E-state index in [0.29, 0.717) is 12.8 Å². The maximum absolute atomic E-state index is 12.3. The molecular formula is C12H21N4O6P. The van der Waals surface area contributed by atoms with E-state index in [9.17, 15) is 9.36 Å². The van der Waals surface area contributed by atoms with Gasteiger partial charge in [0.05, 0.1) is 13.2 Å². The number of nitrogens with two attached hydrogens (primary N) is 1. The Bertz CT molecular complexity index is 614. The standard InChI is InChI=1S/C12H21N4O6P/c1-3-20-23(18,21-4-2)8-19-10-6-5-9(22-10)16-7-14-11(13)15-12(16)17/h7,9-10H,3-6,8H2,1-2H3,(H2,13,15,17)/t9-,10+/m1/s1. The van der Waals surface area contributed by atoms with E-state index in [2.05, 4.69) is 9.97 Å². The molecule has 0 radical (unpaired) electrons. The van der Waals surface area contributed by atoms with Crippen LogP contribution in [-0.2, 0) is 23.1 Å². The number of hydrogen-bond acceptors (Lipinski definition) is 9. The van der Waals surface area contributed by atoms with Crippen molar-refractivity contribution < 1.29 is 23.1 Å². The van der Waals surface area contributed by atoms with E-state index < -0.39 is 25.8 Å². The molecule has 1 fully saturated rings. The Morgan fingerprint density at radius 3 is 2.70 bits per heavy atom. The first-order chi connectivity index (χ1) is 11.0. The quantitative estimate of drug-likeness (QED) is 0.686. The minimum Gasteiger partial charge on any atom is -0.368 e. The number of nitrogen functional groups attached to an aromatic ring is 1. The van der Waals surface area contributed by atoms with E-state index in [4.69, 9.17) is 24.3 Å². The Balaban J connectivity index is 1.92. The van der Waals surface area contributed by atoms with Gasteiger partial charge in [0, 0.05) is 6.42 Å². The molecule has 0 aliphatic carbocycles. The lowest BCUT2D eigenvalue weighted by atomic mass is 10.3. The highest BCUT2D eigenvalue weighted by molar-refractivity contribution is 7.53. The van der Waals surface area contributed by atoms with Crippen LogP contribution in [0.15, 0.2) is 11.1 Å². The average molecular weight is 348 g/mol. The molecule has 1 aromatic heterocycles. The minimum atomic E-state index is -3.29. The van der Waals surface area contributed by atoms with Gasteiger partial charge in [0.25, 0.3) is 0 Å². The molecule has 11 heteroatoms. The van der Waals surface area contributed by atoms with Gasteiger partial charge in [0.15, 0.2) is 12.6 Å². The van der Waals surface area contributed by atoms with Gasteiger partial charge in [0.2, 0.25) is 5.95 Å². The van der Waals surface area contributed by atoms with Gasteiger partial charge in [-0.25, -0.2) is 9.78 Å². The molecule has 2 rings (SSSR count). The van der Waals surface area contributed by atoms with Gasteiger partial charge >= 0.3 is 13.3 Å². The Morgan fingerprint density at radius 2 is 2.09 bits per heavy atom. The molecule has 0 unspecified atom stereocenters. The van der Waals surface area contributed by atoms with E-state index in [1.165, 1.54) is 10.9 Å². The van der Waals surface area contributed by atoms with Crippen LogP contribution < -0.4 is 11.4 Å². The third kappa shape index (κ3) is 4.82. The fraction of sp³-hybridized carbons (Fsp3) is 0.750. The predicted octanol–water partition coefficient (Wildman–Crippen LogP) is 1.10. The molecule has 0 saturated carbocycles. The van der Waals surface area contributed by atoms with Crippen LogP contribution in [0.2, 0.25) is 0 Å².